The molecule has 2 aliphatic rings. The quantitative estimate of drug-likeness (QED) is 0.830. The molecule has 2 heterocycles. The average molecular weight is 406 g/mol. The normalized spacial score (nSPS) is 20.8. The summed E-state index contributed by atoms with van der Waals surface area (Å²) < 4.78 is 5.46. The van der Waals surface area contributed by atoms with Crippen LogP contribution in [0.25, 0.3) is 0 Å². The van der Waals surface area contributed by atoms with E-state index in [1.54, 1.807) is 4.90 Å². The molecule has 1 N–H and O–H groups in total. The minimum Gasteiger partial charge on any atom is -0.444 e. The predicted octanol–water partition coefficient (Wildman–Crippen LogP) is 3.57. The number of carbonyl (C=O) groups is 2. The van der Waals surface area contributed by atoms with Gasteiger partial charge in [0.05, 0.1) is 0 Å². The van der Waals surface area contributed by atoms with Crippen molar-refractivity contribution in [2.75, 3.05) is 36.5 Å². The summed E-state index contributed by atoms with van der Waals surface area (Å²) in [6, 6.07) is 7.54. The third kappa shape index (κ3) is 5.88. The third-order valence-electron chi connectivity index (χ3n) is 4.89. The van der Waals surface area contributed by atoms with Gasteiger partial charge in [-0.2, -0.15) is 11.8 Å². The average Bonchev–Trinajstić information content (AvgIpc) is 3.11. The Morgan fingerprint density at radius 1 is 1.21 bits per heavy atom. The van der Waals surface area contributed by atoms with Crippen LogP contribution in [0.2, 0.25) is 0 Å². The van der Waals surface area contributed by atoms with E-state index in [2.05, 4.69) is 16.3 Å². The van der Waals surface area contributed by atoms with E-state index in [4.69, 9.17) is 4.74 Å². The van der Waals surface area contributed by atoms with E-state index in [9.17, 15) is 9.59 Å². The van der Waals surface area contributed by atoms with Crippen molar-refractivity contribution in [3.05, 3.63) is 29.8 Å². The van der Waals surface area contributed by atoms with Gasteiger partial charge in [0.2, 0.25) is 5.91 Å². The van der Waals surface area contributed by atoms with Crippen molar-refractivity contribution in [3.8, 4) is 0 Å². The van der Waals surface area contributed by atoms with Gasteiger partial charge in [0, 0.05) is 43.4 Å². The fourth-order valence-corrected chi connectivity index (χ4v) is 4.55. The number of nitrogens with one attached hydrogen (secondary N) is 1. The van der Waals surface area contributed by atoms with E-state index < -0.39 is 17.7 Å². The highest BCUT2D eigenvalue weighted by atomic mass is 32.2. The number of benzene rings is 1. The number of nitrogens with zero attached hydrogens (tertiary/aromatic N) is 2. The molecular formula is C21H31N3O3S. The molecule has 28 heavy (non-hydrogen) atoms. The number of rotatable bonds is 4. The van der Waals surface area contributed by atoms with E-state index in [-0.39, 0.29) is 5.91 Å². The van der Waals surface area contributed by atoms with E-state index in [1.807, 2.05) is 50.7 Å². The highest BCUT2D eigenvalue weighted by Crippen LogP contribution is 2.23. The molecule has 2 saturated heterocycles. The number of hydrogen-bond donors (Lipinski definition) is 1. The molecule has 6 nitrogen and oxygen atoms in total. The molecule has 0 saturated carbocycles. The molecule has 7 heteroatoms. The van der Waals surface area contributed by atoms with Crippen LogP contribution in [0, 0.1) is 0 Å². The topological polar surface area (TPSA) is 61.9 Å². The first-order valence-electron chi connectivity index (χ1n) is 10.0. The van der Waals surface area contributed by atoms with E-state index >= 15 is 0 Å². The molecule has 0 aromatic heterocycles. The summed E-state index contributed by atoms with van der Waals surface area (Å²) in [7, 11) is 0. The maximum Gasteiger partial charge on any atom is 0.410 e. The van der Waals surface area contributed by atoms with Crippen LogP contribution in [0.3, 0.4) is 0 Å². The zero-order chi connectivity index (χ0) is 20.1. The Morgan fingerprint density at radius 3 is 2.68 bits per heavy atom. The van der Waals surface area contributed by atoms with Crippen LogP contribution in [0.5, 0.6) is 0 Å². The maximum atomic E-state index is 12.8. The minimum absolute atomic E-state index is 0.144. The second-order valence-electron chi connectivity index (χ2n) is 8.41. The van der Waals surface area contributed by atoms with Gasteiger partial charge in [-0.15, -0.1) is 0 Å². The monoisotopic (exact) mass is 405 g/mol. The molecule has 154 valence electrons. The fourth-order valence-electron chi connectivity index (χ4n) is 3.57. The van der Waals surface area contributed by atoms with E-state index in [0.29, 0.717) is 13.0 Å². The zero-order valence-electron chi connectivity index (χ0n) is 17.1. The molecule has 2 aliphatic heterocycles. The van der Waals surface area contributed by atoms with Crippen LogP contribution in [-0.4, -0.2) is 64.6 Å². The SMILES string of the molecule is CC(C)(C)OC(=O)N1CCC[C@H]1C(=O)Nc1cccc(CN2CCSCC2)c1. The number of thioether (sulfide) groups is 1. The van der Waals surface area contributed by atoms with Gasteiger partial charge in [0.25, 0.3) is 0 Å². The molecule has 0 bridgehead atoms. The summed E-state index contributed by atoms with van der Waals surface area (Å²) >= 11 is 2.00. The van der Waals surface area contributed by atoms with Crippen molar-refractivity contribution in [3.63, 3.8) is 0 Å². The standard InChI is InChI=1S/C21H31N3O3S/c1-21(2,3)27-20(26)24-9-5-8-18(24)19(25)22-17-7-4-6-16(14-17)15-23-10-12-28-13-11-23/h4,6-7,14,18H,5,8-13,15H2,1-3H3,(H,22,25)/t18-/m0/s1. The summed E-state index contributed by atoms with van der Waals surface area (Å²) in [6.07, 6.45) is 1.06. The Morgan fingerprint density at radius 2 is 1.96 bits per heavy atom. The Balaban J connectivity index is 1.60. The lowest BCUT2D eigenvalue weighted by atomic mass is 10.1. The van der Waals surface area contributed by atoms with Crippen LogP contribution >= 0.6 is 11.8 Å². The van der Waals surface area contributed by atoms with Crippen LogP contribution in [-0.2, 0) is 16.1 Å². The van der Waals surface area contributed by atoms with E-state index in [1.165, 1.54) is 17.1 Å². The Bertz CT molecular complexity index is 698. The molecule has 1 aromatic rings. The molecule has 0 spiro atoms. The Labute approximate surface area is 172 Å². The number of likely N-dealkylation sites (tertiary alicyclic amines) is 1. The van der Waals surface area contributed by atoms with Gasteiger partial charge in [-0.3, -0.25) is 14.6 Å². The molecule has 2 fully saturated rings. The lowest BCUT2D eigenvalue weighted by Crippen LogP contribution is -2.45. The molecule has 0 radical (unpaired) electrons. The lowest BCUT2D eigenvalue weighted by molar-refractivity contribution is -0.120. The number of hydrogen-bond acceptors (Lipinski definition) is 5. The second-order valence-corrected chi connectivity index (χ2v) is 9.63. The largest absolute Gasteiger partial charge is 0.444 e. The van der Waals surface area contributed by atoms with Gasteiger partial charge in [-0.1, -0.05) is 12.1 Å². The lowest BCUT2D eigenvalue weighted by Gasteiger charge is -2.28. The fraction of sp³-hybridized carbons (Fsp3) is 0.619. The minimum atomic E-state index is -0.567. The Hall–Kier alpha value is -1.73. The van der Waals surface area contributed by atoms with Crippen LogP contribution in [0.15, 0.2) is 24.3 Å². The van der Waals surface area contributed by atoms with Crippen LogP contribution < -0.4 is 5.32 Å². The van der Waals surface area contributed by atoms with Crippen molar-refractivity contribution in [2.24, 2.45) is 0 Å². The summed E-state index contributed by atoms with van der Waals surface area (Å²) in [5.41, 5.74) is 1.41. The first-order chi connectivity index (χ1) is 13.3. The molecule has 0 aliphatic carbocycles. The highest BCUT2D eigenvalue weighted by molar-refractivity contribution is 7.99. The molecule has 2 amide bonds. The van der Waals surface area contributed by atoms with Gasteiger partial charge in [-0.05, 0) is 51.3 Å². The molecule has 1 atom stereocenters. The van der Waals surface area contributed by atoms with Crippen molar-refractivity contribution in [1.29, 1.82) is 0 Å². The number of carbonyl (C=O) groups excluding carboxylic acids is 2. The third-order valence-corrected chi connectivity index (χ3v) is 5.83. The van der Waals surface area contributed by atoms with Crippen molar-refractivity contribution >= 4 is 29.4 Å². The van der Waals surface area contributed by atoms with Gasteiger partial charge >= 0.3 is 6.09 Å². The molecular weight excluding hydrogens is 374 g/mol. The first-order valence-corrected chi connectivity index (χ1v) is 11.2. The summed E-state index contributed by atoms with van der Waals surface area (Å²) in [5, 5.41) is 3.00. The summed E-state index contributed by atoms with van der Waals surface area (Å²) in [4.78, 5) is 29.2. The van der Waals surface area contributed by atoms with Gasteiger partial charge in [0.1, 0.15) is 11.6 Å². The van der Waals surface area contributed by atoms with Crippen LogP contribution in [0.4, 0.5) is 10.5 Å². The Kier molecular flexibility index (Phi) is 6.88. The van der Waals surface area contributed by atoms with Gasteiger partial charge < -0.3 is 10.1 Å². The molecule has 3 rings (SSSR count). The first kappa shape index (κ1) is 21.0. The van der Waals surface area contributed by atoms with Gasteiger partial charge in [0.15, 0.2) is 0 Å². The zero-order valence-corrected chi connectivity index (χ0v) is 17.9. The number of amides is 2. The van der Waals surface area contributed by atoms with Crippen molar-refractivity contribution in [1.82, 2.24) is 9.80 Å². The number of ether oxygens (including phenoxy) is 1. The maximum absolute atomic E-state index is 12.8. The van der Waals surface area contributed by atoms with E-state index in [0.717, 1.165) is 31.7 Å². The van der Waals surface area contributed by atoms with Gasteiger partial charge in [-0.25, -0.2) is 4.79 Å². The smallest absolute Gasteiger partial charge is 0.410 e. The molecule has 0 unspecified atom stereocenters. The van der Waals surface area contributed by atoms with Crippen molar-refractivity contribution in [2.45, 2.75) is 51.8 Å². The van der Waals surface area contributed by atoms with Crippen molar-refractivity contribution < 1.29 is 14.3 Å². The highest BCUT2D eigenvalue weighted by Gasteiger charge is 2.36. The summed E-state index contributed by atoms with van der Waals surface area (Å²) in [5.74, 6) is 2.21. The predicted molar refractivity (Wildman–Crippen MR) is 114 cm³/mol. The number of anilines is 1. The second kappa shape index (κ2) is 9.18. The van der Waals surface area contributed by atoms with Crippen LogP contribution in [0.1, 0.15) is 39.2 Å². The molecule has 1 aromatic carbocycles. The summed E-state index contributed by atoms with van der Waals surface area (Å²) in [6.45, 7) is 9.17.